The molecule has 0 spiro atoms. The predicted molar refractivity (Wildman–Crippen MR) is 81.4 cm³/mol. The number of nitrogens with two attached hydrogens (primary N) is 1. The van der Waals surface area contributed by atoms with Gasteiger partial charge in [0.15, 0.2) is 0 Å². The Bertz CT molecular complexity index is 640. The highest BCUT2D eigenvalue weighted by Crippen LogP contribution is 2.28. The van der Waals surface area contributed by atoms with Gasteiger partial charge >= 0.3 is 0 Å². The van der Waals surface area contributed by atoms with Gasteiger partial charge in [0.1, 0.15) is 22.3 Å². The van der Waals surface area contributed by atoms with Gasteiger partial charge in [-0.3, -0.25) is 0 Å². The minimum Gasteiger partial charge on any atom is -0.389 e. The Balaban J connectivity index is 2.47. The van der Waals surface area contributed by atoms with Gasteiger partial charge in [0.25, 0.3) is 0 Å². The zero-order valence-electron chi connectivity index (χ0n) is 11.1. The first kappa shape index (κ1) is 14.4. The first-order valence-electron chi connectivity index (χ1n) is 6.02. The summed E-state index contributed by atoms with van der Waals surface area (Å²) < 4.78 is 28.0. The number of hydrogen-bond acceptors (Lipinski definition) is 2. The minimum atomic E-state index is -0.726. The van der Waals surface area contributed by atoms with Gasteiger partial charge in [-0.1, -0.05) is 30.4 Å². The lowest BCUT2D eigenvalue weighted by Crippen LogP contribution is -2.11. The average Bonchev–Trinajstić information content (AvgIpc) is 2.36. The van der Waals surface area contributed by atoms with Crippen LogP contribution in [0.4, 0.5) is 20.2 Å². The van der Waals surface area contributed by atoms with E-state index in [-0.39, 0.29) is 16.2 Å². The zero-order chi connectivity index (χ0) is 14.9. The summed E-state index contributed by atoms with van der Waals surface area (Å²) in [5.74, 6) is -1.45. The Morgan fingerprint density at radius 1 is 1.05 bits per heavy atom. The van der Waals surface area contributed by atoms with E-state index in [1.165, 1.54) is 0 Å². The quantitative estimate of drug-likeness (QED) is 0.841. The number of rotatable bonds is 3. The Morgan fingerprint density at radius 2 is 1.55 bits per heavy atom. The van der Waals surface area contributed by atoms with E-state index in [0.29, 0.717) is 5.69 Å². The molecule has 2 nitrogen and oxygen atoms in total. The third-order valence-electron chi connectivity index (χ3n) is 3.06. The third-order valence-corrected chi connectivity index (χ3v) is 3.29. The fourth-order valence-corrected chi connectivity index (χ4v) is 2.09. The van der Waals surface area contributed by atoms with E-state index in [1.54, 1.807) is 0 Å². The summed E-state index contributed by atoms with van der Waals surface area (Å²) in [6.07, 6.45) is 0. The molecule has 0 aromatic heterocycles. The van der Waals surface area contributed by atoms with E-state index < -0.39 is 11.6 Å². The predicted octanol–water partition coefficient (Wildman–Crippen LogP) is 3.96. The second kappa shape index (κ2) is 5.54. The highest BCUT2D eigenvalue weighted by Gasteiger charge is 2.14. The molecule has 2 aromatic rings. The van der Waals surface area contributed by atoms with Crippen LogP contribution < -0.4 is 11.1 Å². The lowest BCUT2D eigenvalue weighted by Gasteiger charge is -2.14. The third kappa shape index (κ3) is 2.77. The summed E-state index contributed by atoms with van der Waals surface area (Å²) >= 11 is 4.72. The van der Waals surface area contributed by atoms with Crippen LogP contribution in [-0.4, -0.2) is 4.99 Å². The van der Waals surface area contributed by atoms with Crippen molar-refractivity contribution >= 4 is 28.6 Å². The van der Waals surface area contributed by atoms with E-state index >= 15 is 0 Å². The monoisotopic (exact) mass is 292 g/mol. The van der Waals surface area contributed by atoms with E-state index in [9.17, 15) is 8.78 Å². The molecule has 2 aromatic carbocycles. The molecule has 0 saturated carbocycles. The molecule has 0 aliphatic heterocycles. The maximum atomic E-state index is 14.0. The van der Waals surface area contributed by atoms with Crippen molar-refractivity contribution in [1.29, 1.82) is 0 Å². The summed E-state index contributed by atoms with van der Waals surface area (Å²) in [7, 11) is 0. The van der Waals surface area contributed by atoms with Gasteiger partial charge in [-0.2, -0.15) is 0 Å². The summed E-state index contributed by atoms with van der Waals surface area (Å²) in [6.45, 7) is 3.74. The van der Waals surface area contributed by atoms with Crippen molar-refractivity contribution in [3.8, 4) is 0 Å². The van der Waals surface area contributed by atoms with E-state index in [0.717, 1.165) is 23.3 Å². The van der Waals surface area contributed by atoms with Crippen molar-refractivity contribution in [2.45, 2.75) is 13.8 Å². The minimum absolute atomic E-state index is 0.0403. The number of nitrogens with one attached hydrogen (secondary N) is 1. The molecule has 104 valence electrons. The zero-order valence-corrected chi connectivity index (χ0v) is 11.9. The van der Waals surface area contributed by atoms with Crippen LogP contribution in [-0.2, 0) is 0 Å². The molecular weight excluding hydrogens is 278 g/mol. The molecule has 0 atom stereocenters. The van der Waals surface area contributed by atoms with Gasteiger partial charge in [-0.15, -0.1) is 0 Å². The highest BCUT2D eigenvalue weighted by molar-refractivity contribution is 7.80. The number of thiocarbonyl (C=S) groups is 1. The van der Waals surface area contributed by atoms with Crippen molar-refractivity contribution in [3.63, 3.8) is 0 Å². The molecule has 0 heterocycles. The van der Waals surface area contributed by atoms with Gasteiger partial charge in [0.05, 0.1) is 0 Å². The van der Waals surface area contributed by atoms with E-state index in [2.05, 4.69) is 5.32 Å². The SMILES string of the molecule is Cc1cccc(C)c1Nc1c(F)cc(C(N)=S)cc1F. The molecule has 20 heavy (non-hydrogen) atoms. The number of halogens is 2. The molecule has 5 heteroatoms. The lowest BCUT2D eigenvalue weighted by molar-refractivity contribution is 0.590. The summed E-state index contributed by atoms with van der Waals surface area (Å²) in [6, 6.07) is 7.88. The van der Waals surface area contributed by atoms with Crippen LogP contribution in [0.2, 0.25) is 0 Å². The number of benzene rings is 2. The van der Waals surface area contributed by atoms with Gasteiger partial charge < -0.3 is 11.1 Å². The normalized spacial score (nSPS) is 10.4. The Hall–Kier alpha value is -2.01. The molecule has 2 rings (SSSR count). The van der Waals surface area contributed by atoms with Crippen LogP contribution in [0.15, 0.2) is 30.3 Å². The Morgan fingerprint density at radius 3 is 2.00 bits per heavy atom. The van der Waals surface area contributed by atoms with Crippen molar-refractivity contribution in [1.82, 2.24) is 0 Å². The fraction of sp³-hybridized carbons (Fsp3) is 0.133. The molecular formula is C15H14F2N2S. The molecule has 0 aliphatic rings. The van der Waals surface area contributed by atoms with Crippen LogP contribution in [0.1, 0.15) is 16.7 Å². The fourth-order valence-electron chi connectivity index (χ4n) is 1.97. The first-order chi connectivity index (χ1) is 9.40. The summed E-state index contributed by atoms with van der Waals surface area (Å²) in [4.78, 5) is -0.0403. The van der Waals surface area contributed by atoms with Gasteiger partial charge in [-0.25, -0.2) is 8.78 Å². The average molecular weight is 292 g/mol. The van der Waals surface area contributed by atoms with Crippen LogP contribution in [0, 0.1) is 25.5 Å². The molecule has 0 unspecified atom stereocenters. The standard InChI is InChI=1S/C15H14F2N2S/c1-8-4-3-5-9(2)13(8)19-14-11(16)6-10(15(18)20)7-12(14)17/h3-7,19H,1-2H3,(H2,18,20). The summed E-state index contributed by atoms with van der Waals surface area (Å²) in [5.41, 5.74) is 7.84. The lowest BCUT2D eigenvalue weighted by atomic mass is 10.1. The molecule has 0 saturated heterocycles. The smallest absolute Gasteiger partial charge is 0.150 e. The highest BCUT2D eigenvalue weighted by atomic mass is 32.1. The molecule has 0 radical (unpaired) electrons. The molecule has 0 fully saturated rings. The number of hydrogen-bond donors (Lipinski definition) is 2. The number of anilines is 2. The molecule has 0 bridgehead atoms. The van der Waals surface area contributed by atoms with Crippen molar-refractivity contribution in [2.24, 2.45) is 5.73 Å². The number of para-hydroxylation sites is 1. The Kier molecular flexibility index (Phi) is 3.99. The van der Waals surface area contributed by atoms with E-state index in [4.69, 9.17) is 18.0 Å². The van der Waals surface area contributed by atoms with E-state index in [1.807, 2.05) is 32.0 Å². The van der Waals surface area contributed by atoms with Gasteiger partial charge in [0, 0.05) is 11.3 Å². The Labute approximate surface area is 121 Å². The second-order valence-electron chi connectivity index (χ2n) is 4.57. The van der Waals surface area contributed by atoms with Crippen molar-refractivity contribution in [2.75, 3.05) is 5.32 Å². The summed E-state index contributed by atoms with van der Waals surface area (Å²) in [5, 5.41) is 2.81. The second-order valence-corrected chi connectivity index (χ2v) is 5.01. The maximum Gasteiger partial charge on any atom is 0.150 e. The van der Waals surface area contributed by atoms with Gasteiger partial charge in [0.2, 0.25) is 0 Å². The van der Waals surface area contributed by atoms with Crippen LogP contribution in [0.3, 0.4) is 0 Å². The first-order valence-corrected chi connectivity index (χ1v) is 6.43. The van der Waals surface area contributed by atoms with Crippen molar-refractivity contribution in [3.05, 3.63) is 58.7 Å². The number of aryl methyl sites for hydroxylation is 2. The maximum absolute atomic E-state index is 14.0. The largest absolute Gasteiger partial charge is 0.389 e. The molecule has 0 aliphatic carbocycles. The molecule has 0 amide bonds. The van der Waals surface area contributed by atoms with Crippen molar-refractivity contribution < 1.29 is 8.78 Å². The van der Waals surface area contributed by atoms with Crippen LogP contribution in [0.25, 0.3) is 0 Å². The van der Waals surface area contributed by atoms with Crippen LogP contribution in [0.5, 0.6) is 0 Å². The topological polar surface area (TPSA) is 38.0 Å². The van der Waals surface area contributed by atoms with Crippen LogP contribution >= 0.6 is 12.2 Å². The molecule has 3 N–H and O–H groups in total. The van der Waals surface area contributed by atoms with Gasteiger partial charge in [-0.05, 0) is 37.1 Å².